The van der Waals surface area contributed by atoms with Gasteiger partial charge in [0.25, 0.3) is 0 Å². The first-order valence-electron chi connectivity index (χ1n) is 17.9. The topological polar surface area (TPSA) is 29.5 Å². The summed E-state index contributed by atoms with van der Waals surface area (Å²) in [7, 11) is 0. The summed E-state index contributed by atoms with van der Waals surface area (Å²) < 4.78 is 13.3. The van der Waals surface area contributed by atoms with Crippen LogP contribution in [0, 0.1) is 0 Å². The summed E-state index contributed by atoms with van der Waals surface area (Å²) in [6.45, 7) is 9.41. The van der Waals surface area contributed by atoms with E-state index in [1.165, 1.54) is 49.9 Å². The largest absolute Gasteiger partial charge is 0.456 e. The van der Waals surface area contributed by atoms with E-state index in [2.05, 4.69) is 166 Å². The molecule has 2 heterocycles. The molecular weight excluding hydrogens is 623 g/mol. The highest BCUT2D eigenvalue weighted by Gasteiger charge is 2.39. The van der Waals surface area contributed by atoms with Crippen LogP contribution in [0.15, 0.2) is 148 Å². The van der Waals surface area contributed by atoms with Crippen molar-refractivity contribution >= 4 is 60.9 Å². The Labute approximate surface area is 296 Å². The molecule has 3 nitrogen and oxygen atoms in total. The van der Waals surface area contributed by atoms with Crippen LogP contribution in [-0.2, 0) is 10.8 Å². The number of furan rings is 2. The van der Waals surface area contributed by atoms with Crippen molar-refractivity contribution < 1.29 is 8.83 Å². The molecule has 7 aromatic carbocycles. The summed E-state index contributed by atoms with van der Waals surface area (Å²) in [6.07, 6.45) is 0. The van der Waals surface area contributed by atoms with E-state index in [0.717, 1.165) is 55.6 Å². The zero-order valence-electron chi connectivity index (χ0n) is 29.0. The van der Waals surface area contributed by atoms with Crippen LogP contribution in [0.3, 0.4) is 0 Å². The number of nitrogens with zero attached hydrogens (tertiary/aromatic N) is 1. The molecule has 0 N–H and O–H groups in total. The molecular formula is C48H35NO2. The average molecular weight is 658 g/mol. The first-order valence-corrected chi connectivity index (χ1v) is 17.9. The quantitative estimate of drug-likeness (QED) is 0.189. The minimum atomic E-state index is -0.204. The van der Waals surface area contributed by atoms with E-state index >= 15 is 0 Å². The van der Waals surface area contributed by atoms with Gasteiger partial charge in [-0.2, -0.15) is 0 Å². The van der Waals surface area contributed by atoms with Crippen molar-refractivity contribution in [2.45, 2.75) is 38.5 Å². The van der Waals surface area contributed by atoms with Crippen LogP contribution in [0.25, 0.3) is 66.1 Å². The molecule has 51 heavy (non-hydrogen) atoms. The molecule has 2 aliphatic carbocycles. The van der Waals surface area contributed by atoms with Crippen molar-refractivity contribution in [3.05, 3.63) is 162 Å². The predicted octanol–water partition coefficient (Wildman–Crippen LogP) is 13.6. The molecule has 0 amide bonds. The highest BCUT2D eigenvalue weighted by Crippen LogP contribution is 2.56. The van der Waals surface area contributed by atoms with Crippen molar-refractivity contribution in [2.75, 3.05) is 4.90 Å². The van der Waals surface area contributed by atoms with E-state index in [1.54, 1.807) is 0 Å². The standard InChI is InChI=1S/C48H35NO2/c1-47(2)34-16-8-5-13-29(34)31-24-23-28(27-36(31)47)49(37-18-11-21-40-43(37)33-15-7-10-20-39(33)50-40)38-19-12-22-41-44(38)45-42(51-41)26-25-32-30-14-6-9-17-35(30)48(3,4)46(32)45/h5-27H,1-4H3. The van der Waals surface area contributed by atoms with Crippen LogP contribution in [0.4, 0.5) is 17.1 Å². The van der Waals surface area contributed by atoms with E-state index in [9.17, 15) is 0 Å². The predicted molar refractivity (Wildman–Crippen MR) is 211 cm³/mol. The summed E-state index contributed by atoms with van der Waals surface area (Å²) in [5.74, 6) is 0. The van der Waals surface area contributed by atoms with Crippen molar-refractivity contribution in [3.63, 3.8) is 0 Å². The Balaban J connectivity index is 1.26. The summed E-state index contributed by atoms with van der Waals surface area (Å²) >= 11 is 0. The van der Waals surface area contributed by atoms with Crippen LogP contribution >= 0.6 is 0 Å². The first-order chi connectivity index (χ1) is 24.8. The van der Waals surface area contributed by atoms with Crippen LogP contribution < -0.4 is 4.90 Å². The molecule has 2 aliphatic rings. The van der Waals surface area contributed by atoms with E-state index in [4.69, 9.17) is 8.83 Å². The SMILES string of the molecule is CC1(C)c2ccccc2-c2ccc(N(c3cccc4oc5ccccc5c34)c3cccc4oc5ccc6c(c5c34)C(C)(C)c3ccccc3-6)cc21. The van der Waals surface area contributed by atoms with Gasteiger partial charge in [-0.05, 0) is 93.0 Å². The van der Waals surface area contributed by atoms with Gasteiger partial charge in [0.2, 0.25) is 0 Å². The van der Waals surface area contributed by atoms with Gasteiger partial charge in [-0.15, -0.1) is 0 Å². The fraction of sp³-hybridized carbons (Fsp3) is 0.125. The maximum atomic E-state index is 6.78. The molecule has 0 radical (unpaired) electrons. The maximum absolute atomic E-state index is 6.78. The Morgan fingerprint density at radius 1 is 0.412 bits per heavy atom. The molecule has 0 atom stereocenters. The molecule has 3 heteroatoms. The number of hydrogen-bond acceptors (Lipinski definition) is 3. The Kier molecular flexibility index (Phi) is 5.52. The molecule has 0 unspecified atom stereocenters. The third-order valence-electron chi connectivity index (χ3n) is 11.8. The van der Waals surface area contributed by atoms with Crippen LogP contribution in [0.5, 0.6) is 0 Å². The fourth-order valence-electron chi connectivity index (χ4n) is 9.53. The van der Waals surface area contributed by atoms with Crippen molar-refractivity contribution in [1.82, 2.24) is 0 Å². The van der Waals surface area contributed by atoms with Gasteiger partial charge in [0.05, 0.1) is 22.1 Å². The highest BCUT2D eigenvalue weighted by molar-refractivity contribution is 6.20. The average Bonchev–Trinajstić information content (AvgIpc) is 3.85. The minimum Gasteiger partial charge on any atom is -0.456 e. The third kappa shape index (κ3) is 3.68. The van der Waals surface area contributed by atoms with Gasteiger partial charge in [-0.3, -0.25) is 0 Å². The number of hydrogen-bond donors (Lipinski definition) is 0. The maximum Gasteiger partial charge on any atom is 0.137 e. The number of rotatable bonds is 3. The lowest BCUT2D eigenvalue weighted by atomic mass is 9.80. The minimum absolute atomic E-state index is 0.146. The van der Waals surface area contributed by atoms with Crippen LogP contribution in [-0.4, -0.2) is 0 Å². The molecule has 11 rings (SSSR count). The summed E-state index contributed by atoms with van der Waals surface area (Å²) in [6, 6.07) is 50.5. The summed E-state index contributed by atoms with van der Waals surface area (Å²) in [5, 5.41) is 4.50. The lowest BCUT2D eigenvalue weighted by Gasteiger charge is -2.29. The van der Waals surface area contributed by atoms with Crippen LogP contribution in [0.1, 0.15) is 49.9 Å². The Hall–Kier alpha value is -6.06. The lowest BCUT2D eigenvalue weighted by Crippen LogP contribution is -2.17. The molecule has 2 aromatic heterocycles. The molecule has 244 valence electrons. The molecule has 9 aromatic rings. The number of para-hydroxylation sites is 1. The summed E-state index contributed by atoms with van der Waals surface area (Å²) in [5.41, 5.74) is 17.0. The van der Waals surface area contributed by atoms with Crippen molar-refractivity contribution in [1.29, 1.82) is 0 Å². The normalized spacial score (nSPS) is 15.0. The number of fused-ring (bicyclic) bond motifs is 13. The lowest BCUT2D eigenvalue weighted by molar-refractivity contribution is 0.657. The van der Waals surface area contributed by atoms with Gasteiger partial charge in [-0.25, -0.2) is 0 Å². The molecule has 0 aliphatic heterocycles. The Bertz CT molecular complexity index is 2940. The molecule has 0 bridgehead atoms. The fourth-order valence-corrected chi connectivity index (χ4v) is 9.53. The highest BCUT2D eigenvalue weighted by atomic mass is 16.3. The van der Waals surface area contributed by atoms with E-state index in [1.807, 2.05) is 6.07 Å². The van der Waals surface area contributed by atoms with Crippen molar-refractivity contribution in [3.8, 4) is 22.3 Å². The summed E-state index contributed by atoms with van der Waals surface area (Å²) in [4.78, 5) is 2.45. The van der Waals surface area contributed by atoms with Gasteiger partial charge in [0, 0.05) is 27.3 Å². The van der Waals surface area contributed by atoms with E-state index in [-0.39, 0.29) is 10.8 Å². The monoisotopic (exact) mass is 657 g/mol. The molecule has 0 saturated heterocycles. The van der Waals surface area contributed by atoms with E-state index in [0.29, 0.717) is 0 Å². The van der Waals surface area contributed by atoms with Gasteiger partial charge >= 0.3 is 0 Å². The van der Waals surface area contributed by atoms with Crippen LogP contribution in [0.2, 0.25) is 0 Å². The second-order valence-corrected chi connectivity index (χ2v) is 15.3. The number of benzene rings is 7. The molecule has 0 saturated carbocycles. The number of anilines is 3. The first kappa shape index (κ1) is 28.7. The Morgan fingerprint density at radius 2 is 0.961 bits per heavy atom. The zero-order chi connectivity index (χ0) is 34.2. The second kappa shape index (κ2) is 9.80. The smallest absolute Gasteiger partial charge is 0.137 e. The second-order valence-electron chi connectivity index (χ2n) is 15.3. The van der Waals surface area contributed by atoms with Gasteiger partial charge in [0.1, 0.15) is 22.3 Å². The van der Waals surface area contributed by atoms with Gasteiger partial charge in [0.15, 0.2) is 0 Å². The Morgan fingerprint density at radius 3 is 1.75 bits per heavy atom. The zero-order valence-corrected chi connectivity index (χ0v) is 29.0. The van der Waals surface area contributed by atoms with E-state index < -0.39 is 0 Å². The van der Waals surface area contributed by atoms with Gasteiger partial charge in [-0.1, -0.05) is 119 Å². The van der Waals surface area contributed by atoms with Gasteiger partial charge < -0.3 is 13.7 Å². The third-order valence-corrected chi connectivity index (χ3v) is 11.8. The van der Waals surface area contributed by atoms with Crippen molar-refractivity contribution in [2.24, 2.45) is 0 Å². The molecule has 0 spiro atoms. The molecule has 0 fully saturated rings.